The van der Waals surface area contributed by atoms with Crippen LogP contribution in [0.15, 0.2) is 17.4 Å². The van der Waals surface area contributed by atoms with Crippen molar-refractivity contribution in [2.24, 2.45) is 12.0 Å². The van der Waals surface area contributed by atoms with Gasteiger partial charge in [0.05, 0.1) is 6.20 Å². The number of alkyl carbamates (subject to hydrolysis) is 1. The van der Waals surface area contributed by atoms with Gasteiger partial charge >= 0.3 is 6.09 Å². The van der Waals surface area contributed by atoms with Gasteiger partial charge in [-0.15, -0.1) is 24.0 Å². The number of aromatic nitrogens is 2. The summed E-state index contributed by atoms with van der Waals surface area (Å²) in [7, 11) is 3.61. The molecule has 0 unspecified atom stereocenters. The number of guanidine groups is 1. The van der Waals surface area contributed by atoms with E-state index in [1.54, 1.807) is 11.7 Å². The maximum absolute atomic E-state index is 11.5. The van der Waals surface area contributed by atoms with Crippen molar-refractivity contribution >= 4 is 36.0 Å². The Morgan fingerprint density at radius 2 is 1.88 bits per heavy atom. The van der Waals surface area contributed by atoms with Gasteiger partial charge in [-0.3, -0.25) is 9.67 Å². The van der Waals surface area contributed by atoms with Crippen molar-refractivity contribution in [1.29, 1.82) is 0 Å². The molecule has 1 aromatic rings. The van der Waals surface area contributed by atoms with Crippen LogP contribution in [0.5, 0.6) is 0 Å². The Morgan fingerprint density at radius 1 is 1.25 bits per heavy atom. The monoisotopic (exact) mass is 452 g/mol. The molecule has 0 fully saturated rings. The number of carbonyl (C=O) groups is 1. The SMILES string of the molecule is CN=C(NCCNC(=O)OC(C)(C)C)NCCc1cnn(C)c1.I. The molecule has 1 heterocycles. The second-order valence-corrected chi connectivity index (χ2v) is 6.13. The third-order valence-corrected chi connectivity index (χ3v) is 2.77. The molecule has 0 saturated heterocycles. The van der Waals surface area contributed by atoms with Crippen molar-refractivity contribution < 1.29 is 9.53 Å². The molecule has 138 valence electrons. The first-order valence-electron chi connectivity index (χ1n) is 7.69. The molecule has 8 nitrogen and oxygen atoms in total. The van der Waals surface area contributed by atoms with E-state index in [0.29, 0.717) is 19.0 Å². The quantitative estimate of drug-likeness (QED) is 0.262. The van der Waals surface area contributed by atoms with Crippen LogP contribution in [-0.4, -0.2) is 54.1 Å². The number of nitrogens with zero attached hydrogens (tertiary/aromatic N) is 3. The van der Waals surface area contributed by atoms with E-state index in [2.05, 4.69) is 26.0 Å². The third kappa shape index (κ3) is 10.3. The van der Waals surface area contributed by atoms with Crippen LogP contribution in [0.3, 0.4) is 0 Å². The van der Waals surface area contributed by atoms with Crippen LogP contribution >= 0.6 is 24.0 Å². The summed E-state index contributed by atoms with van der Waals surface area (Å²) in [5.41, 5.74) is 0.684. The van der Waals surface area contributed by atoms with Crippen molar-refractivity contribution in [2.75, 3.05) is 26.7 Å². The minimum Gasteiger partial charge on any atom is -0.444 e. The molecular formula is C15H29IN6O2. The zero-order valence-corrected chi connectivity index (χ0v) is 17.4. The molecular weight excluding hydrogens is 423 g/mol. The number of halogens is 1. The number of ether oxygens (including phenoxy) is 1. The van der Waals surface area contributed by atoms with E-state index >= 15 is 0 Å². The minimum atomic E-state index is -0.485. The lowest BCUT2D eigenvalue weighted by molar-refractivity contribution is 0.0529. The summed E-state index contributed by atoms with van der Waals surface area (Å²) in [6, 6.07) is 0. The van der Waals surface area contributed by atoms with Crippen LogP contribution < -0.4 is 16.0 Å². The van der Waals surface area contributed by atoms with Crippen molar-refractivity contribution in [2.45, 2.75) is 32.8 Å². The number of hydrogen-bond acceptors (Lipinski definition) is 4. The highest BCUT2D eigenvalue weighted by Crippen LogP contribution is 2.05. The predicted molar refractivity (Wildman–Crippen MR) is 106 cm³/mol. The molecule has 0 aliphatic rings. The van der Waals surface area contributed by atoms with Gasteiger partial charge in [-0.25, -0.2) is 4.79 Å². The van der Waals surface area contributed by atoms with Gasteiger partial charge < -0.3 is 20.7 Å². The molecule has 0 atom stereocenters. The van der Waals surface area contributed by atoms with E-state index in [9.17, 15) is 4.79 Å². The molecule has 1 amide bonds. The number of aryl methyl sites for hydroxylation is 1. The van der Waals surface area contributed by atoms with E-state index in [4.69, 9.17) is 4.74 Å². The summed E-state index contributed by atoms with van der Waals surface area (Å²) in [4.78, 5) is 15.6. The number of amides is 1. The second kappa shape index (κ2) is 11.1. The van der Waals surface area contributed by atoms with Gasteiger partial charge in [0.1, 0.15) is 5.60 Å². The Balaban J connectivity index is 0.00000529. The van der Waals surface area contributed by atoms with E-state index in [1.807, 2.05) is 40.2 Å². The summed E-state index contributed by atoms with van der Waals surface area (Å²) in [6.45, 7) is 7.27. The van der Waals surface area contributed by atoms with E-state index < -0.39 is 11.7 Å². The summed E-state index contributed by atoms with van der Waals surface area (Å²) in [5, 5.41) is 13.2. The van der Waals surface area contributed by atoms with Gasteiger partial charge in [-0.05, 0) is 32.8 Å². The highest BCUT2D eigenvalue weighted by Gasteiger charge is 2.15. The molecule has 0 bridgehead atoms. The summed E-state index contributed by atoms with van der Waals surface area (Å²) >= 11 is 0. The van der Waals surface area contributed by atoms with Crippen molar-refractivity contribution in [3.05, 3.63) is 18.0 Å². The average molecular weight is 452 g/mol. The Morgan fingerprint density at radius 3 is 2.42 bits per heavy atom. The largest absolute Gasteiger partial charge is 0.444 e. The number of aliphatic imine (C=N–C) groups is 1. The maximum Gasteiger partial charge on any atom is 0.407 e. The number of hydrogen-bond donors (Lipinski definition) is 3. The molecule has 0 aliphatic heterocycles. The zero-order valence-electron chi connectivity index (χ0n) is 15.0. The van der Waals surface area contributed by atoms with Crippen LogP contribution in [0.1, 0.15) is 26.3 Å². The molecule has 1 aromatic heterocycles. The van der Waals surface area contributed by atoms with E-state index in [0.717, 1.165) is 13.0 Å². The Bertz CT molecular complexity index is 524. The van der Waals surface area contributed by atoms with Gasteiger partial charge in [0.15, 0.2) is 5.96 Å². The Labute approximate surface area is 160 Å². The molecule has 3 N–H and O–H groups in total. The topological polar surface area (TPSA) is 92.6 Å². The lowest BCUT2D eigenvalue weighted by Crippen LogP contribution is -2.42. The molecule has 1 rings (SSSR count). The first-order chi connectivity index (χ1) is 10.8. The van der Waals surface area contributed by atoms with Crippen LogP contribution in [-0.2, 0) is 18.2 Å². The predicted octanol–water partition coefficient (Wildman–Crippen LogP) is 1.27. The molecule has 0 saturated carbocycles. The smallest absolute Gasteiger partial charge is 0.407 e. The summed E-state index contributed by atoms with van der Waals surface area (Å²) in [5.74, 6) is 0.694. The minimum absolute atomic E-state index is 0. The number of carbonyl (C=O) groups excluding carboxylic acids is 1. The molecule has 24 heavy (non-hydrogen) atoms. The van der Waals surface area contributed by atoms with Gasteiger partial charge in [-0.2, -0.15) is 5.10 Å². The maximum atomic E-state index is 11.5. The lowest BCUT2D eigenvalue weighted by atomic mass is 10.2. The van der Waals surface area contributed by atoms with E-state index in [1.165, 1.54) is 5.56 Å². The van der Waals surface area contributed by atoms with Crippen molar-refractivity contribution in [3.63, 3.8) is 0 Å². The fourth-order valence-electron chi connectivity index (χ4n) is 1.81. The van der Waals surface area contributed by atoms with Gasteiger partial charge in [0.2, 0.25) is 0 Å². The average Bonchev–Trinajstić information content (AvgIpc) is 2.85. The van der Waals surface area contributed by atoms with E-state index in [-0.39, 0.29) is 24.0 Å². The highest BCUT2D eigenvalue weighted by atomic mass is 127. The van der Waals surface area contributed by atoms with Crippen LogP contribution in [0, 0.1) is 0 Å². The molecule has 0 radical (unpaired) electrons. The zero-order chi connectivity index (χ0) is 17.3. The van der Waals surface area contributed by atoms with Gasteiger partial charge in [0.25, 0.3) is 0 Å². The van der Waals surface area contributed by atoms with Crippen molar-refractivity contribution in [3.8, 4) is 0 Å². The first kappa shape index (κ1) is 22.5. The third-order valence-electron chi connectivity index (χ3n) is 2.77. The molecule has 0 aliphatic carbocycles. The summed E-state index contributed by atoms with van der Waals surface area (Å²) in [6.07, 6.45) is 4.29. The second-order valence-electron chi connectivity index (χ2n) is 6.13. The van der Waals surface area contributed by atoms with Crippen LogP contribution in [0.4, 0.5) is 4.79 Å². The van der Waals surface area contributed by atoms with Gasteiger partial charge in [-0.1, -0.05) is 0 Å². The Hall–Kier alpha value is -1.52. The molecule has 9 heteroatoms. The standard InChI is InChI=1S/C15H28N6O2.HI/c1-15(2,3)23-14(22)19-9-8-18-13(16-4)17-7-6-12-10-20-21(5)11-12;/h10-11H,6-9H2,1-5H3,(H,19,22)(H2,16,17,18);1H. The highest BCUT2D eigenvalue weighted by molar-refractivity contribution is 14.0. The first-order valence-corrected chi connectivity index (χ1v) is 7.69. The summed E-state index contributed by atoms with van der Waals surface area (Å²) < 4.78 is 6.94. The van der Waals surface area contributed by atoms with Crippen LogP contribution in [0.25, 0.3) is 0 Å². The van der Waals surface area contributed by atoms with Crippen LogP contribution in [0.2, 0.25) is 0 Å². The molecule has 0 aromatic carbocycles. The lowest BCUT2D eigenvalue weighted by Gasteiger charge is -2.19. The fourth-order valence-corrected chi connectivity index (χ4v) is 1.81. The van der Waals surface area contributed by atoms with Gasteiger partial charge in [0, 0.05) is 39.9 Å². The van der Waals surface area contributed by atoms with Crippen molar-refractivity contribution in [1.82, 2.24) is 25.7 Å². The number of rotatable bonds is 6. The molecule has 0 spiro atoms. The Kier molecular flexibility index (Phi) is 10.4. The fraction of sp³-hybridized carbons (Fsp3) is 0.667. The number of nitrogens with one attached hydrogen (secondary N) is 3. The normalized spacial score (nSPS) is 11.5.